The summed E-state index contributed by atoms with van der Waals surface area (Å²) in [6.07, 6.45) is -0.867. The Morgan fingerprint density at radius 3 is 2.65 bits per heavy atom. The lowest BCUT2D eigenvalue weighted by Gasteiger charge is -2.35. The molecule has 2 heterocycles. The van der Waals surface area contributed by atoms with Crippen LogP contribution in [0.1, 0.15) is 27.8 Å². The van der Waals surface area contributed by atoms with Gasteiger partial charge >= 0.3 is 0 Å². The molecule has 8 nitrogen and oxygen atoms in total. The van der Waals surface area contributed by atoms with Crippen LogP contribution in [0.5, 0.6) is 0 Å². The van der Waals surface area contributed by atoms with Crippen molar-refractivity contribution in [2.45, 2.75) is 19.1 Å². The van der Waals surface area contributed by atoms with Crippen LogP contribution in [0.4, 0.5) is 5.69 Å². The number of ether oxygens (including phenoxy) is 1. The van der Waals surface area contributed by atoms with Crippen molar-refractivity contribution in [3.63, 3.8) is 0 Å². The molecule has 2 unspecified atom stereocenters. The number of aliphatic hydroxyl groups excluding tert-OH is 1. The number of rotatable bonds is 4. The number of likely N-dealkylation sites (N-methyl/N-ethyl adjacent to an activating group) is 1. The number of carbonyl (C=O) groups excluding carboxylic acids is 2. The van der Waals surface area contributed by atoms with Crippen molar-refractivity contribution in [1.29, 1.82) is 0 Å². The first-order chi connectivity index (χ1) is 12.4. The molecule has 0 aliphatic carbocycles. The zero-order valence-electron chi connectivity index (χ0n) is 15.0. The number of anilines is 1. The quantitative estimate of drug-likeness (QED) is 0.845. The molecular weight excluding hydrogens is 336 g/mol. The van der Waals surface area contributed by atoms with Crippen LogP contribution in [-0.2, 0) is 16.6 Å². The maximum absolute atomic E-state index is 12.3. The Labute approximate surface area is 151 Å². The Bertz CT molecular complexity index is 815. The van der Waals surface area contributed by atoms with Gasteiger partial charge in [-0.25, -0.2) is 0 Å². The highest BCUT2D eigenvalue weighted by atomic mass is 16.5. The SMILES string of the molecule is Cc1cc(C(=O)Nc2ccc(C(O)C3COCC(=O)N3C)cc2)n(C)n1. The highest BCUT2D eigenvalue weighted by Gasteiger charge is 2.32. The third kappa shape index (κ3) is 3.61. The van der Waals surface area contributed by atoms with Crippen LogP contribution in [0, 0.1) is 6.92 Å². The summed E-state index contributed by atoms with van der Waals surface area (Å²) in [5, 5.41) is 17.5. The number of hydrogen-bond donors (Lipinski definition) is 2. The highest BCUT2D eigenvalue weighted by molar-refractivity contribution is 6.03. The molecule has 0 radical (unpaired) electrons. The molecule has 0 bridgehead atoms. The number of aromatic nitrogens is 2. The van der Waals surface area contributed by atoms with Gasteiger partial charge in [-0.15, -0.1) is 0 Å². The van der Waals surface area contributed by atoms with Crippen molar-refractivity contribution in [3.8, 4) is 0 Å². The average Bonchev–Trinajstić information content (AvgIpc) is 2.96. The van der Waals surface area contributed by atoms with Crippen LogP contribution in [-0.4, -0.2) is 57.9 Å². The van der Waals surface area contributed by atoms with Crippen molar-refractivity contribution < 1.29 is 19.4 Å². The summed E-state index contributed by atoms with van der Waals surface area (Å²) >= 11 is 0. The van der Waals surface area contributed by atoms with Gasteiger partial charge in [0, 0.05) is 19.8 Å². The highest BCUT2D eigenvalue weighted by Crippen LogP contribution is 2.24. The van der Waals surface area contributed by atoms with Gasteiger partial charge in [-0.2, -0.15) is 5.10 Å². The Kier molecular flexibility index (Phi) is 5.06. The monoisotopic (exact) mass is 358 g/mol. The van der Waals surface area contributed by atoms with E-state index < -0.39 is 12.1 Å². The molecule has 2 aromatic rings. The van der Waals surface area contributed by atoms with Gasteiger partial charge in [0.25, 0.3) is 5.91 Å². The van der Waals surface area contributed by atoms with Crippen LogP contribution in [0.2, 0.25) is 0 Å². The minimum absolute atomic E-state index is 0.0399. The number of aliphatic hydroxyl groups is 1. The fraction of sp³-hybridized carbons (Fsp3) is 0.389. The lowest BCUT2D eigenvalue weighted by atomic mass is 10.0. The van der Waals surface area contributed by atoms with Crippen molar-refractivity contribution in [2.75, 3.05) is 25.6 Å². The number of amides is 2. The first kappa shape index (κ1) is 18.1. The molecule has 1 aliphatic rings. The molecule has 0 spiro atoms. The van der Waals surface area contributed by atoms with E-state index in [1.807, 2.05) is 6.92 Å². The fourth-order valence-electron chi connectivity index (χ4n) is 2.97. The van der Waals surface area contributed by atoms with Gasteiger partial charge in [0.2, 0.25) is 5.91 Å². The topological polar surface area (TPSA) is 96.7 Å². The van der Waals surface area contributed by atoms with Crippen LogP contribution in [0.15, 0.2) is 30.3 Å². The molecule has 8 heteroatoms. The fourth-order valence-corrected chi connectivity index (χ4v) is 2.97. The number of nitrogens with zero attached hydrogens (tertiary/aromatic N) is 3. The van der Waals surface area contributed by atoms with E-state index in [0.29, 0.717) is 16.9 Å². The molecular formula is C18H22N4O4. The lowest BCUT2D eigenvalue weighted by molar-refractivity contribution is -0.151. The van der Waals surface area contributed by atoms with Crippen LogP contribution in [0.3, 0.4) is 0 Å². The van der Waals surface area contributed by atoms with E-state index in [-0.39, 0.29) is 25.0 Å². The second-order valence-electron chi connectivity index (χ2n) is 6.40. The van der Waals surface area contributed by atoms with E-state index in [1.54, 1.807) is 44.4 Å². The number of nitrogens with one attached hydrogen (secondary N) is 1. The first-order valence-electron chi connectivity index (χ1n) is 8.30. The van der Waals surface area contributed by atoms with E-state index >= 15 is 0 Å². The zero-order chi connectivity index (χ0) is 18.8. The molecule has 1 aromatic carbocycles. The number of morpholine rings is 1. The van der Waals surface area contributed by atoms with Gasteiger partial charge in [-0.05, 0) is 30.7 Å². The number of carbonyl (C=O) groups is 2. The summed E-state index contributed by atoms with van der Waals surface area (Å²) in [6, 6.07) is 8.15. The Balaban J connectivity index is 1.69. The van der Waals surface area contributed by atoms with Gasteiger partial charge in [-0.1, -0.05) is 12.1 Å². The van der Waals surface area contributed by atoms with Gasteiger partial charge < -0.3 is 20.1 Å². The summed E-state index contributed by atoms with van der Waals surface area (Å²) in [5.74, 6) is -0.414. The van der Waals surface area contributed by atoms with E-state index in [4.69, 9.17) is 4.74 Å². The second kappa shape index (κ2) is 7.27. The van der Waals surface area contributed by atoms with Crippen molar-refractivity contribution in [2.24, 2.45) is 7.05 Å². The van der Waals surface area contributed by atoms with E-state index in [2.05, 4.69) is 10.4 Å². The molecule has 1 fully saturated rings. The molecule has 3 rings (SSSR count). The minimum atomic E-state index is -0.867. The maximum Gasteiger partial charge on any atom is 0.273 e. The van der Waals surface area contributed by atoms with Crippen LogP contribution >= 0.6 is 0 Å². The standard InChI is InChI=1S/C18H22N4O4/c1-11-8-14(22(3)20-11)18(25)19-13-6-4-12(5-7-13)17(24)15-9-26-10-16(23)21(15)2/h4-8,15,17,24H,9-10H2,1-3H3,(H,19,25). The summed E-state index contributed by atoms with van der Waals surface area (Å²) in [6.45, 7) is 2.14. The number of benzene rings is 1. The van der Waals surface area contributed by atoms with E-state index in [1.165, 1.54) is 9.58 Å². The van der Waals surface area contributed by atoms with Gasteiger partial charge in [0.1, 0.15) is 18.4 Å². The lowest BCUT2D eigenvalue weighted by Crippen LogP contribution is -2.49. The zero-order valence-corrected chi connectivity index (χ0v) is 15.0. The Morgan fingerprint density at radius 2 is 2.04 bits per heavy atom. The normalized spacial score (nSPS) is 18.7. The predicted octanol–water partition coefficient (Wildman–Crippen LogP) is 0.871. The smallest absolute Gasteiger partial charge is 0.273 e. The molecule has 2 amide bonds. The summed E-state index contributed by atoms with van der Waals surface area (Å²) < 4.78 is 6.76. The van der Waals surface area contributed by atoms with Crippen molar-refractivity contribution >= 4 is 17.5 Å². The first-order valence-corrected chi connectivity index (χ1v) is 8.30. The summed E-state index contributed by atoms with van der Waals surface area (Å²) in [5.41, 5.74) is 2.49. The Hall–Kier alpha value is -2.71. The number of hydrogen-bond acceptors (Lipinski definition) is 5. The Morgan fingerprint density at radius 1 is 1.35 bits per heavy atom. The summed E-state index contributed by atoms with van der Waals surface area (Å²) in [7, 11) is 3.37. The van der Waals surface area contributed by atoms with Crippen molar-refractivity contribution in [3.05, 3.63) is 47.3 Å². The second-order valence-corrected chi connectivity index (χ2v) is 6.40. The van der Waals surface area contributed by atoms with Crippen molar-refractivity contribution in [1.82, 2.24) is 14.7 Å². The minimum Gasteiger partial charge on any atom is -0.386 e. The maximum atomic E-state index is 12.3. The molecule has 2 N–H and O–H groups in total. The van der Waals surface area contributed by atoms with Crippen LogP contribution in [0.25, 0.3) is 0 Å². The van der Waals surface area contributed by atoms with Crippen LogP contribution < -0.4 is 5.32 Å². The molecule has 0 saturated carbocycles. The molecule has 1 saturated heterocycles. The van der Waals surface area contributed by atoms with E-state index in [0.717, 1.165) is 5.69 Å². The van der Waals surface area contributed by atoms with Gasteiger partial charge in [0.15, 0.2) is 0 Å². The largest absolute Gasteiger partial charge is 0.386 e. The molecule has 1 aromatic heterocycles. The summed E-state index contributed by atoms with van der Waals surface area (Å²) in [4.78, 5) is 25.5. The molecule has 2 atom stereocenters. The molecule has 1 aliphatic heterocycles. The van der Waals surface area contributed by atoms with Gasteiger partial charge in [-0.3, -0.25) is 14.3 Å². The number of aryl methyl sites for hydroxylation is 2. The third-order valence-electron chi connectivity index (χ3n) is 4.51. The molecule has 26 heavy (non-hydrogen) atoms. The van der Waals surface area contributed by atoms with Gasteiger partial charge in [0.05, 0.1) is 18.3 Å². The van der Waals surface area contributed by atoms with E-state index in [9.17, 15) is 14.7 Å². The average molecular weight is 358 g/mol. The third-order valence-corrected chi connectivity index (χ3v) is 4.51. The predicted molar refractivity (Wildman–Crippen MR) is 94.7 cm³/mol. The molecule has 138 valence electrons.